The second kappa shape index (κ2) is 10.5. The number of likely N-dealkylation sites (N-methyl/N-ethyl adjacent to an activating group) is 1. The van der Waals surface area contributed by atoms with Crippen LogP contribution in [0.2, 0.25) is 0 Å². The lowest BCUT2D eigenvalue weighted by atomic mass is 10.2. The van der Waals surface area contributed by atoms with Gasteiger partial charge in [0.05, 0.1) is 13.0 Å². The molecule has 1 aliphatic rings. The number of carbonyl (C=O) groups excluding carboxylic acids is 2. The quantitative estimate of drug-likeness (QED) is 0.637. The molecule has 2 N–H and O–H groups in total. The zero-order chi connectivity index (χ0) is 21.3. The van der Waals surface area contributed by atoms with E-state index in [9.17, 15) is 9.59 Å². The van der Waals surface area contributed by atoms with Crippen LogP contribution in [0.5, 0.6) is 0 Å². The molecule has 9 heteroatoms. The van der Waals surface area contributed by atoms with Crippen LogP contribution in [0.4, 0.5) is 23.0 Å². The molecule has 2 heterocycles. The van der Waals surface area contributed by atoms with Gasteiger partial charge in [0.15, 0.2) is 0 Å². The molecule has 1 aromatic carbocycles. The number of hydrogen-bond donors (Lipinski definition) is 2. The van der Waals surface area contributed by atoms with Gasteiger partial charge in [0, 0.05) is 50.0 Å². The number of aromatic nitrogens is 2. The van der Waals surface area contributed by atoms with Crippen molar-refractivity contribution in [3.8, 4) is 0 Å². The maximum Gasteiger partial charge on any atom is 0.306 e. The number of amides is 1. The van der Waals surface area contributed by atoms with Crippen molar-refractivity contribution in [2.75, 3.05) is 55.4 Å². The molecule has 9 nitrogen and oxygen atoms in total. The van der Waals surface area contributed by atoms with E-state index in [1.165, 1.54) is 12.0 Å². The average Bonchev–Trinajstić information content (AvgIpc) is 2.74. The molecule has 0 atom stereocenters. The standard InChI is InChI=1S/C21H28N6O3/c1-3-30-21(29)9-8-20(28)25-19-14-18(22-15-23-19)24-16-4-6-17(7-5-16)27-12-10-26(2)11-13-27/h4-7,14-15H,3,8-13H2,1-2H3,(H2,22,23,24,25,28). The fraction of sp³-hybridized carbons (Fsp3) is 0.429. The Bertz CT molecular complexity index is 850. The molecular weight excluding hydrogens is 384 g/mol. The Labute approximate surface area is 176 Å². The molecule has 0 radical (unpaired) electrons. The molecule has 0 spiro atoms. The van der Waals surface area contributed by atoms with Crippen molar-refractivity contribution < 1.29 is 14.3 Å². The van der Waals surface area contributed by atoms with Crippen LogP contribution in [0.25, 0.3) is 0 Å². The molecule has 0 bridgehead atoms. The number of nitrogens with one attached hydrogen (secondary N) is 2. The largest absolute Gasteiger partial charge is 0.466 e. The Kier molecular flexibility index (Phi) is 7.56. The highest BCUT2D eigenvalue weighted by Gasteiger charge is 2.14. The molecule has 1 saturated heterocycles. The predicted octanol–water partition coefficient (Wildman–Crippen LogP) is 2.25. The fourth-order valence-electron chi connectivity index (χ4n) is 3.12. The number of anilines is 4. The van der Waals surface area contributed by atoms with Crippen LogP contribution in [-0.4, -0.2) is 66.6 Å². The normalized spacial score (nSPS) is 14.3. The van der Waals surface area contributed by atoms with E-state index in [0.717, 1.165) is 31.9 Å². The van der Waals surface area contributed by atoms with Crippen molar-refractivity contribution in [3.63, 3.8) is 0 Å². The Morgan fingerprint density at radius 3 is 2.43 bits per heavy atom. The number of piperazine rings is 1. The SMILES string of the molecule is CCOC(=O)CCC(=O)Nc1cc(Nc2ccc(N3CCN(C)CC3)cc2)ncn1. The number of carbonyl (C=O) groups is 2. The van der Waals surface area contributed by atoms with Gasteiger partial charge in [0.25, 0.3) is 0 Å². The van der Waals surface area contributed by atoms with Gasteiger partial charge < -0.3 is 25.2 Å². The lowest BCUT2D eigenvalue weighted by Crippen LogP contribution is -2.44. The maximum absolute atomic E-state index is 12.0. The topological polar surface area (TPSA) is 99.7 Å². The lowest BCUT2D eigenvalue weighted by molar-refractivity contribution is -0.144. The zero-order valence-electron chi connectivity index (χ0n) is 17.4. The molecule has 30 heavy (non-hydrogen) atoms. The zero-order valence-corrected chi connectivity index (χ0v) is 17.4. The van der Waals surface area contributed by atoms with Crippen molar-refractivity contribution in [3.05, 3.63) is 36.7 Å². The number of hydrogen-bond acceptors (Lipinski definition) is 8. The summed E-state index contributed by atoms with van der Waals surface area (Å²) in [5, 5.41) is 5.89. The molecule has 0 unspecified atom stereocenters. The molecule has 3 rings (SSSR count). The van der Waals surface area contributed by atoms with Crippen LogP contribution in [-0.2, 0) is 14.3 Å². The first-order valence-corrected chi connectivity index (χ1v) is 10.1. The minimum absolute atomic E-state index is 0.0372. The van der Waals surface area contributed by atoms with Gasteiger partial charge in [0.2, 0.25) is 5.91 Å². The van der Waals surface area contributed by atoms with Gasteiger partial charge in [0.1, 0.15) is 18.0 Å². The minimum atomic E-state index is -0.391. The van der Waals surface area contributed by atoms with E-state index in [1.807, 2.05) is 12.1 Å². The van der Waals surface area contributed by atoms with Crippen LogP contribution in [0, 0.1) is 0 Å². The highest BCUT2D eigenvalue weighted by atomic mass is 16.5. The Morgan fingerprint density at radius 2 is 1.73 bits per heavy atom. The molecular formula is C21H28N6O3. The number of esters is 1. The summed E-state index contributed by atoms with van der Waals surface area (Å²) in [6.07, 6.45) is 1.46. The highest BCUT2D eigenvalue weighted by Crippen LogP contribution is 2.22. The summed E-state index contributed by atoms with van der Waals surface area (Å²) in [4.78, 5) is 36.3. The van der Waals surface area contributed by atoms with Crippen molar-refractivity contribution in [1.29, 1.82) is 0 Å². The number of nitrogens with zero attached hydrogens (tertiary/aromatic N) is 4. The van der Waals surface area contributed by atoms with Crippen molar-refractivity contribution in [2.45, 2.75) is 19.8 Å². The molecule has 0 aliphatic carbocycles. The number of ether oxygens (including phenoxy) is 1. The van der Waals surface area contributed by atoms with Gasteiger partial charge in [-0.15, -0.1) is 0 Å². The van der Waals surface area contributed by atoms with Crippen LogP contribution in [0.3, 0.4) is 0 Å². The summed E-state index contributed by atoms with van der Waals surface area (Å²) >= 11 is 0. The molecule has 1 aromatic heterocycles. The third-order valence-corrected chi connectivity index (χ3v) is 4.80. The van der Waals surface area contributed by atoms with E-state index in [1.54, 1.807) is 13.0 Å². The first-order valence-electron chi connectivity index (χ1n) is 10.1. The third kappa shape index (κ3) is 6.41. The number of benzene rings is 1. The molecule has 2 aromatic rings. The lowest BCUT2D eigenvalue weighted by Gasteiger charge is -2.34. The Balaban J connectivity index is 1.53. The van der Waals surface area contributed by atoms with Gasteiger partial charge in [-0.1, -0.05) is 0 Å². The molecule has 1 amide bonds. The summed E-state index contributed by atoms with van der Waals surface area (Å²) in [7, 11) is 2.14. The van der Waals surface area contributed by atoms with Crippen molar-refractivity contribution >= 4 is 34.9 Å². The minimum Gasteiger partial charge on any atom is -0.466 e. The van der Waals surface area contributed by atoms with Gasteiger partial charge >= 0.3 is 5.97 Å². The summed E-state index contributed by atoms with van der Waals surface area (Å²) in [5.74, 6) is 0.246. The van der Waals surface area contributed by atoms with Gasteiger partial charge in [-0.3, -0.25) is 9.59 Å². The Morgan fingerprint density at radius 1 is 1.03 bits per heavy atom. The van der Waals surface area contributed by atoms with Crippen molar-refractivity contribution in [1.82, 2.24) is 14.9 Å². The summed E-state index contributed by atoms with van der Waals surface area (Å²) in [5.41, 5.74) is 2.09. The van der Waals surface area contributed by atoms with E-state index in [0.29, 0.717) is 18.2 Å². The highest BCUT2D eigenvalue weighted by molar-refractivity contribution is 5.92. The molecule has 160 valence electrons. The fourth-order valence-corrected chi connectivity index (χ4v) is 3.12. The second-order valence-electron chi connectivity index (χ2n) is 7.10. The third-order valence-electron chi connectivity index (χ3n) is 4.80. The summed E-state index contributed by atoms with van der Waals surface area (Å²) in [6, 6.07) is 9.84. The summed E-state index contributed by atoms with van der Waals surface area (Å²) < 4.78 is 4.82. The van der Waals surface area contributed by atoms with E-state index in [4.69, 9.17) is 4.74 Å². The molecule has 0 saturated carbocycles. The van der Waals surface area contributed by atoms with Crippen LogP contribution < -0.4 is 15.5 Å². The van der Waals surface area contributed by atoms with Gasteiger partial charge in [-0.2, -0.15) is 0 Å². The molecule has 1 fully saturated rings. The Hall–Kier alpha value is -3.20. The van der Waals surface area contributed by atoms with E-state index < -0.39 is 5.97 Å². The van der Waals surface area contributed by atoms with Crippen LogP contribution in [0.15, 0.2) is 36.7 Å². The van der Waals surface area contributed by atoms with E-state index in [-0.39, 0.29) is 18.7 Å². The van der Waals surface area contributed by atoms with Crippen LogP contribution in [0.1, 0.15) is 19.8 Å². The second-order valence-corrected chi connectivity index (χ2v) is 7.10. The monoisotopic (exact) mass is 412 g/mol. The first kappa shape index (κ1) is 21.5. The molecule has 1 aliphatic heterocycles. The van der Waals surface area contributed by atoms with Gasteiger partial charge in [-0.05, 0) is 38.2 Å². The smallest absolute Gasteiger partial charge is 0.306 e. The van der Waals surface area contributed by atoms with E-state index >= 15 is 0 Å². The van der Waals surface area contributed by atoms with Crippen LogP contribution >= 0.6 is 0 Å². The van der Waals surface area contributed by atoms with Gasteiger partial charge in [-0.25, -0.2) is 9.97 Å². The maximum atomic E-state index is 12.0. The predicted molar refractivity (Wildman–Crippen MR) is 116 cm³/mol. The first-order chi connectivity index (χ1) is 14.5. The number of rotatable bonds is 8. The van der Waals surface area contributed by atoms with Crippen molar-refractivity contribution in [2.24, 2.45) is 0 Å². The summed E-state index contributed by atoms with van der Waals surface area (Å²) in [6.45, 7) is 6.21. The average molecular weight is 412 g/mol. The van der Waals surface area contributed by atoms with E-state index in [2.05, 4.69) is 49.6 Å².